The maximum Gasteiger partial charge on any atom is 0.145 e. The second kappa shape index (κ2) is 7.42. The van der Waals surface area contributed by atoms with Crippen LogP contribution in [0, 0.1) is 11.7 Å². The monoisotopic (exact) mass is 297 g/mol. The molecule has 3 heteroatoms. The van der Waals surface area contributed by atoms with Crippen LogP contribution in [0.25, 0.3) is 0 Å². The molecule has 20 heavy (non-hydrogen) atoms. The van der Waals surface area contributed by atoms with E-state index in [-0.39, 0.29) is 16.8 Å². The molecule has 1 nitrogen and oxygen atoms in total. The predicted molar refractivity (Wildman–Crippen MR) is 83.9 cm³/mol. The summed E-state index contributed by atoms with van der Waals surface area (Å²) in [5.74, 6) is 0.578. The second-order valence-electron chi connectivity index (χ2n) is 6.21. The maximum atomic E-state index is 14.4. The Bertz CT molecular complexity index is 427. The highest BCUT2D eigenvalue weighted by Gasteiger charge is 2.27. The molecule has 1 saturated carbocycles. The minimum Gasteiger partial charge on any atom is -0.314 e. The van der Waals surface area contributed by atoms with Gasteiger partial charge in [0.15, 0.2) is 0 Å². The van der Waals surface area contributed by atoms with E-state index in [2.05, 4.69) is 19.2 Å². The van der Waals surface area contributed by atoms with Gasteiger partial charge in [-0.25, -0.2) is 4.39 Å². The van der Waals surface area contributed by atoms with Crippen molar-refractivity contribution in [1.82, 2.24) is 5.32 Å². The normalized spacial score (nSPS) is 18.4. The van der Waals surface area contributed by atoms with Crippen molar-refractivity contribution in [3.05, 3.63) is 34.6 Å². The van der Waals surface area contributed by atoms with E-state index in [9.17, 15) is 4.39 Å². The number of benzene rings is 1. The summed E-state index contributed by atoms with van der Waals surface area (Å²) in [5, 5.41) is 3.72. The molecule has 0 radical (unpaired) electrons. The number of hydrogen-bond donors (Lipinski definition) is 1. The molecule has 0 spiro atoms. The van der Waals surface area contributed by atoms with Gasteiger partial charge in [-0.15, -0.1) is 0 Å². The zero-order valence-electron chi connectivity index (χ0n) is 12.5. The van der Waals surface area contributed by atoms with Crippen molar-refractivity contribution >= 4 is 11.6 Å². The van der Waals surface area contributed by atoms with Crippen molar-refractivity contribution in [1.29, 1.82) is 0 Å². The van der Waals surface area contributed by atoms with Crippen LogP contribution in [-0.2, 0) is 0 Å². The molecule has 0 aliphatic heterocycles. The van der Waals surface area contributed by atoms with Gasteiger partial charge < -0.3 is 5.32 Å². The molecular weight excluding hydrogens is 273 g/mol. The van der Waals surface area contributed by atoms with E-state index in [0.717, 1.165) is 12.1 Å². The Morgan fingerprint density at radius 1 is 1.25 bits per heavy atom. The zero-order valence-corrected chi connectivity index (χ0v) is 13.2. The Morgan fingerprint density at radius 3 is 2.60 bits per heavy atom. The molecule has 1 fully saturated rings. The molecule has 2 rings (SSSR count). The molecular formula is C17H25ClFN. The molecule has 1 aromatic carbocycles. The van der Waals surface area contributed by atoms with Gasteiger partial charge in [0.1, 0.15) is 5.82 Å². The fourth-order valence-corrected chi connectivity index (χ4v) is 3.42. The first kappa shape index (κ1) is 15.8. The fraction of sp³-hybridized carbons (Fsp3) is 0.647. The topological polar surface area (TPSA) is 12.0 Å². The van der Waals surface area contributed by atoms with Crippen LogP contribution in [0.3, 0.4) is 0 Å². The first-order valence-corrected chi connectivity index (χ1v) is 8.14. The van der Waals surface area contributed by atoms with Crippen molar-refractivity contribution in [2.45, 2.75) is 57.9 Å². The van der Waals surface area contributed by atoms with Gasteiger partial charge in [-0.3, -0.25) is 0 Å². The van der Waals surface area contributed by atoms with Crippen LogP contribution in [0.5, 0.6) is 0 Å². The summed E-state index contributed by atoms with van der Waals surface area (Å²) in [4.78, 5) is 0. The van der Waals surface area contributed by atoms with Gasteiger partial charge in [-0.05, 0) is 30.4 Å². The Kier molecular flexibility index (Phi) is 5.86. The molecule has 1 aliphatic rings. The van der Waals surface area contributed by atoms with Crippen LogP contribution < -0.4 is 5.32 Å². The molecule has 112 valence electrons. The van der Waals surface area contributed by atoms with Gasteiger partial charge in [0.05, 0.1) is 5.02 Å². The predicted octanol–water partition coefficient (Wildman–Crippen LogP) is 5.14. The Labute approximate surface area is 126 Å². The smallest absolute Gasteiger partial charge is 0.145 e. The SMILES string of the molecule is CC(C)NCC(c1cccc(Cl)c1F)C1CCCCC1. The minimum absolute atomic E-state index is 0.227. The van der Waals surface area contributed by atoms with Gasteiger partial charge in [0, 0.05) is 18.5 Å². The van der Waals surface area contributed by atoms with Crippen LogP contribution in [0.2, 0.25) is 5.02 Å². The van der Waals surface area contributed by atoms with E-state index in [4.69, 9.17) is 11.6 Å². The van der Waals surface area contributed by atoms with E-state index in [1.165, 1.54) is 32.1 Å². The van der Waals surface area contributed by atoms with Crippen LogP contribution in [-0.4, -0.2) is 12.6 Å². The molecule has 1 N–H and O–H groups in total. The highest BCUT2D eigenvalue weighted by atomic mass is 35.5. The van der Waals surface area contributed by atoms with Gasteiger partial charge in [-0.2, -0.15) is 0 Å². The average Bonchev–Trinajstić information content (AvgIpc) is 2.44. The van der Waals surface area contributed by atoms with Gasteiger partial charge in [0.25, 0.3) is 0 Å². The van der Waals surface area contributed by atoms with Crippen LogP contribution in [0.15, 0.2) is 18.2 Å². The Hall–Kier alpha value is -0.600. The van der Waals surface area contributed by atoms with Gasteiger partial charge in [0.2, 0.25) is 0 Å². The number of hydrogen-bond acceptors (Lipinski definition) is 1. The van der Waals surface area contributed by atoms with E-state index < -0.39 is 0 Å². The molecule has 0 saturated heterocycles. The lowest BCUT2D eigenvalue weighted by atomic mass is 9.76. The summed E-state index contributed by atoms with van der Waals surface area (Å²) < 4.78 is 14.4. The van der Waals surface area contributed by atoms with E-state index >= 15 is 0 Å². The third kappa shape index (κ3) is 3.95. The molecule has 0 bridgehead atoms. The molecule has 1 aliphatic carbocycles. The second-order valence-corrected chi connectivity index (χ2v) is 6.62. The minimum atomic E-state index is -0.227. The number of rotatable bonds is 5. The van der Waals surface area contributed by atoms with Gasteiger partial charge in [-0.1, -0.05) is 56.8 Å². The number of halogens is 2. The van der Waals surface area contributed by atoms with Crippen molar-refractivity contribution in [3.8, 4) is 0 Å². The van der Waals surface area contributed by atoms with Crippen LogP contribution >= 0.6 is 11.6 Å². The third-order valence-electron chi connectivity index (χ3n) is 4.35. The molecule has 0 heterocycles. The van der Waals surface area contributed by atoms with E-state index in [1.54, 1.807) is 6.07 Å². The summed E-state index contributed by atoms with van der Waals surface area (Å²) in [6.45, 7) is 5.10. The van der Waals surface area contributed by atoms with Crippen LogP contribution in [0.4, 0.5) is 4.39 Å². The zero-order chi connectivity index (χ0) is 14.5. The first-order valence-electron chi connectivity index (χ1n) is 7.77. The Morgan fingerprint density at radius 2 is 1.95 bits per heavy atom. The number of nitrogens with one attached hydrogen (secondary N) is 1. The highest BCUT2D eigenvalue weighted by Crippen LogP contribution is 2.37. The summed E-state index contributed by atoms with van der Waals surface area (Å²) >= 11 is 5.96. The standard InChI is InChI=1S/C17H25ClFN/c1-12(2)20-11-15(13-7-4-3-5-8-13)14-9-6-10-16(18)17(14)19/h6,9-10,12-13,15,20H,3-5,7-8,11H2,1-2H3. The fourth-order valence-electron chi connectivity index (χ4n) is 3.24. The lowest BCUT2D eigenvalue weighted by molar-refractivity contribution is 0.288. The molecule has 0 aromatic heterocycles. The maximum absolute atomic E-state index is 14.4. The molecule has 1 atom stereocenters. The van der Waals surface area contributed by atoms with Crippen molar-refractivity contribution < 1.29 is 4.39 Å². The molecule has 0 amide bonds. The summed E-state index contributed by atoms with van der Waals surface area (Å²) in [6.07, 6.45) is 6.27. The van der Waals surface area contributed by atoms with Gasteiger partial charge >= 0.3 is 0 Å². The largest absolute Gasteiger partial charge is 0.314 e. The summed E-state index contributed by atoms with van der Waals surface area (Å²) in [6, 6.07) is 5.83. The summed E-state index contributed by atoms with van der Waals surface area (Å²) in [5.41, 5.74) is 0.789. The van der Waals surface area contributed by atoms with Crippen molar-refractivity contribution in [2.24, 2.45) is 5.92 Å². The highest BCUT2D eigenvalue weighted by molar-refractivity contribution is 6.30. The molecule has 1 unspecified atom stereocenters. The third-order valence-corrected chi connectivity index (χ3v) is 4.64. The van der Waals surface area contributed by atoms with E-state index in [0.29, 0.717) is 12.0 Å². The lowest BCUT2D eigenvalue weighted by Gasteiger charge is -2.32. The van der Waals surface area contributed by atoms with E-state index in [1.807, 2.05) is 12.1 Å². The summed E-state index contributed by atoms with van der Waals surface area (Å²) in [7, 11) is 0. The van der Waals surface area contributed by atoms with Crippen LogP contribution in [0.1, 0.15) is 57.4 Å². The first-order chi connectivity index (χ1) is 9.59. The Balaban J connectivity index is 2.22. The lowest BCUT2D eigenvalue weighted by Crippen LogP contribution is -2.32. The van der Waals surface area contributed by atoms with Crippen molar-refractivity contribution in [2.75, 3.05) is 6.54 Å². The van der Waals surface area contributed by atoms with Crippen molar-refractivity contribution in [3.63, 3.8) is 0 Å². The quantitative estimate of drug-likeness (QED) is 0.793. The molecule has 1 aromatic rings. The average molecular weight is 298 g/mol.